The van der Waals surface area contributed by atoms with Gasteiger partial charge in [-0.25, -0.2) is 4.98 Å². The van der Waals surface area contributed by atoms with Crippen LogP contribution in [-0.2, 0) is 11.3 Å². The zero-order valence-electron chi connectivity index (χ0n) is 21.5. The number of rotatable bonds is 8. The third-order valence-corrected chi connectivity index (χ3v) is 6.74. The molecule has 3 amide bonds. The number of primary amides is 1. The van der Waals surface area contributed by atoms with Gasteiger partial charge in [0.15, 0.2) is 0 Å². The first kappa shape index (κ1) is 26.7. The topological polar surface area (TPSA) is 121 Å². The molecular weight excluding hydrogens is 528 g/mol. The second-order valence-corrected chi connectivity index (χ2v) is 9.71. The Hall–Kier alpha value is -4.89. The molecule has 1 fully saturated rings. The Bertz CT molecular complexity index is 1560. The lowest BCUT2D eigenvalue weighted by Gasteiger charge is -2.34. The van der Waals surface area contributed by atoms with Crippen molar-refractivity contribution in [2.24, 2.45) is 5.73 Å². The van der Waals surface area contributed by atoms with E-state index in [4.69, 9.17) is 17.3 Å². The highest BCUT2D eigenvalue weighted by Gasteiger charge is 2.28. The van der Waals surface area contributed by atoms with Crippen molar-refractivity contribution in [1.29, 1.82) is 0 Å². The molecule has 1 aliphatic rings. The standard InChI is InChI=1S/C30H27ClN6O3/c31-22-9-5-11-24(15-22)37-13-12-36(19-28(37)38)30(40)21-8-4-10-23(14-21)35-27-16-26(25(18-34-27)29(32)39)33-17-20-6-2-1-3-7-20/h1-11,14-16,18H,12-13,17,19H2,(H2,32,39)(H2,33,34,35). The monoisotopic (exact) mass is 554 g/mol. The van der Waals surface area contributed by atoms with Gasteiger partial charge in [-0.15, -0.1) is 0 Å². The third-order valence-electron chi connectivity index (χ3n) is 6.50. The lowest BCUT2D eigenvalue weighted by atomic mass is 10.1. The van der Waals surface area contributed by atoms with Gasteiger partial charge < -0.3 is 26.2 Å². The van der Waals surface area contributed by atoms with Crippen molar-refractivity contribution in [3.05, 3.63) is 113 Å². The number of nitrogens with one attached hydrogen (secondary N) is 2. The van der Waals surface area contributed by atoms with Gasteiger partial charge in [-0.05, 0) is 42.0 Å². The summed E-state index contributed by atoms with van der Waals surface area (Å²) in [5.41, 5.74) is 9.18. The fourth-order valence-electron chi connectivity index (χ4n) is 4.48. The Kier molecular flexibility index (Phi) is 7.93. The quantitative estimate of drug-likeness (QED) is 0.291. The lowest BCUT2D eigenvalue weighted by Crippen LogP contribution is -2.52. The number of carbonyl (C=O) groups is 3. The van der Waals surface area contributed by atoms with Crippen molar-refractivity contribution in [1.82, 2.24) is 9.88 Å². The minimum absolute atomic E-state index is 0.0322. The number of anilines is 4. The van der Waals surface area contributed by atoms with Crippen LogP contribution in [0.25, 0.3) is 0 Å². The van der Waals surface area contributed by atoms with E-state index < -0.39 is 5.91 Å². The average molecular weight is 555 g/mol. The summed E-state index contributed by atoms with van der Waals surface area (Å²) < 4.78 is 0. The second kappa shape index (κ2) is 11.9. The minimum Gasteiger partial charge on any atom is -0.380 e. The van der Waals surface area contributed by atoms with Crippen LogP contribution in [0.2, 0.25) is 5.02 Å². The van der Waals surface area contributed by atoms with Crippen LogP contribution in [0.1, 0.15) is 26.3 Å². The number of halogens is 1. The Morgan fingerprint density at radius 3 is 2.50 bits per heavy atom. The Labute approximate surface area is 236 Å². The largest absolute Gasteiger partial charge is 0.380 e. The summed E-state index contributed by atoms with van der Waals surface area (Å²) in [7, 11) is 0. The molecule has 9 nitrogen and oxygen atoms in total. The van der Waals surface area contributed by atoms with E-state index in [1.165, 1.54) is 11.1 Å². The molecule has 5 rings (SSSR count). The van der Waals surface area contributed by atoms with Crippen molar-refractivity contribution in [2.75, 3.05) is 35.2 Å². The van der Waals surface area contributed by atoms with Crippen molar-refractivity contribution in [3.63, 3.8) is 0 Å². The maximum atomic E-state index is 13.3. The van der Waals surface area contributed by atoms with Crippen LogP contribution >= 0.6 is 11.6 Å². The minimum atomic E-state index is -0.591. The summed E-state index contributed by atoms with van der Waals surface area (Å²) >= 11 is 6.08. The average Bonchev–Trinajstić information content (AvgIpc) is 2.96. The van der Waals surface area contributed by atoms with E-state index in [1.807, 2.05) is 36.4 Å². The van der Waals surface area contributed by atoms with Gasteiger partial charge in [0.25, 0.3) is 11.8 Å². The van der Waals surface area contributed by atoms with Crippen LogP contribution in [-0.4, -0.2) is 47.2 Å². The highest BCUT2D eigenvalue weighted by atomic mass is 35.5. The Morgan fingerprint density at radius 2 is 1.75 bits per heavy atom. The molecule has 0 aliphatic carbocycles. The summed E-state index contributed by atoms with van der Waals surface area (Å²) in [6.07, 6.45) is 1.41. The fourth-order valence-corrected chi connectivity index (χ4v) is 4.67. The van der Waals surface area contributed by atoms with Gasteiger partial charge in [0.1, 0.15) is 12.4 Å². The molecule has 3 aromatic carbocycles. The number of piperazine rings is 1. The molecule has 40 heavy (non-hydrogen) atoms. The molecule has 1 aliphatic heterocycles. The van der Waals surface area contributed by atoms with E-state index in [2.05, 4.69) is 15.6 Å². The number of hydrogen-bond acceptors (Lipinski definition) is 6. The Morgan fingerprint density at radius 1 is 0.950 bits per heavy atom. The SMILES string of the molecule is NC(=O)c1cnc(Nc2cccc(C(=O)N3CCN(c4cccc(Cl)c4)C(=O)C3)c2)cc1NCc1ccccc1. The molecule has 0 bridgehead atoms. The van der Waals surface area contributed by atoms with Crippen LogP contribution in [0.15, 0.2) is 91.1 Å². The van der Waals surface area contributed by atoms with E-state index in [0.717, 1.165) is 5.56 Å². The van der Waals surface area contributed by atoms with Crippen molar-refractivity contribution >= 4 is 52.2 Å². The lowest BCUT2D eigenvalue weighted by molar-refractivity contribution is -0.120. The summed E-state index contributed by atoms with van der Waals surface area (Å²) in [6.45, 7) is 1.23. The molecule has 4 N–H and O–H groups in total. The van der Waals surface area contributed by atoms with Crippen LogP contribution in [0.3, 0.4) is 0 Å². The van der Waals surface area contributed by atoms with Crippen LogP contribution in [0, 0.1) is 0 Å². The molecule has 202 valence electrons. The van der Waals surface area contributed by atoms with Gasteiger partial charge in [-0.3, -0.25) is 14.4 Å². The van der Waals surface area contributed by atoms with Crippen LogP contribution in [0.5, 0.6) is 0 Å². The molecule has 10 heteroatoms. The first-order valence-electron chi connectivity index (χ1n) is 12.7. The van der Waals surface area contributed by atoms with Gasteiger partial charge in [0, 0.05) is 53.9 Å². The maximum Gasteiger partial charge on any atom is 0.254 e. The molecular formula is C30H27ClN6O3. The number of pyridine rings is 1. The van der Waals surface area contributed by atoms with E-state index >= 15 is 0 Å². The molecule has 0 radical (unpaired) electrons. The second-order valence-electron chi connectivity index (χ2n) is 9.28. The van der Waals surface area contributed by atoms with Gasteiger partial charge in [0.05, 0.1) is 11.3 Å². The number of nitrogens with zero attached hydrogens (tertiary/aromatic N) is 3. The zero-order chi connectivity index (χ0) is 28.1. The molecule has 4 aromatic rings. The van der Waals surface area contributed by atoms with Crippen molar-refractivity contribution in [3.8, 4) is 0 Å². The smallest absolute Gasteiger partial charge is 0.254 e. The van der Waals surface area contributed by atoms with Gasteiger partial charge in [-0.2, -0.15) is 0 Å². The predicted molar refractivity (Wildman–Crippen MR) is 156 cm³/mol. The summed E-state index contributed by atoms with van der Waals surface area (Å²) in [5, 5.41) is 6.98. The van der Waals surface area contributed by atoms with Gasteiger partial charge in [-0.1, -0.05) is 54.1 Å². The van der Waals surface area contributed by atoms with Gasteiger partial charge >= 0.3 is 0 Å². The number of carbonyl (C=O) groups excluding carboxylic acids is 3. The van der Waals surface area contributed by atoms with Crippen molar-refractivity contribution in [2.45, 2.75) is 6.54 Å². The molecule has 0 unspecified atom stereocenters. The summed E-state index contributed by atoms with van der Waals surface area (Å²) in [4.78, 5) is 45.6. The van der Waals surface area contributed by atoms with E-state index in [9.17, 15) is 14.4 Å². The maximum absolute atomic E-state index is 13.3. The molecule has 1 aromatic heterocycles. The third kappa shape index (κ3) is 6.22. The fraction of sp³-hybridized carbons (Fsp3) is 0.133. The number of amides is 3. The van der Waals surface area contributed by atoms with E-state index in [0.29, 0.717) is 53.1 Å². The number of benzene rings is 3. The summed E-state index contributed by atoms with van der Waals surface area (Å²) in [6, 6.07) is 25.5. The molecule has 2 heterocycles. The molecule has 1 saturated heterocycles. The highest BCUT2D eigenvalue weighted by Crippen LogP contribution is 2.25. The summed E-state index contributed by atoms with van der Waals surface area (Å²) in [5.74, 6) is -0.543. The first-order chi connectivity index (χ1) is 19.4. The normalized spacial score (nSPS) is 13.2. The van der Waals surface area contributed by atoms with Crippen LogP contribution < -0.4 is 21.3 Å². The zero-order valence-corrected chi connectivity index (χ0v) is 22.3. The van der Waals surface area contributed by atoms with E-state index in [1.54, 1.807) is 53.4 Å². The van der Waals surface area contributed by atoms with Crippen LogP contribution in [0.4, 0.5) is 22.9 Å². The number of hydrogen-bond donors (Lipinski definition) is 3. The highest BCUT2D eigenvalue weighted by molar-refractivity contribution is 6.31. The number of nitrogens with two attached hydrogens (primary N) is 1. The number of aromatic nitrogens is 1. The molecule has 0 atom stereocenters. The predicted octanol–water partition coefficient (Wildman–Crippen LogP) is 4.68. The molecule has 0 spiro atoms. The molecule has 0 saturated carbocycles. The first-order valence-corrected chi connectivity index (χ1v) is 13.0. The van der Waals surface area contributed by atoms with Crippen molar-refractivity contribution < 1.29 is 14.4 Å². The Balaban J connectivity index is 1.27. The van der Waals surface area contributed by atoms with Gasteiger partial charge in [0.2, 0.25) is 5.91 Å². The van der Waals surface area contributed by atoms with E-state index in [-0.39, 0.29) is 23.9 Å².